The topological polar surface area (TPSA) is 171 Å². The molecule has 0 amide bonds. The van der Waals surface area contributed by atoms with Crippen LogP contribution in [0.25, 0.3) is 11.2 Å². The number of nitrogens with zero attached hydrogens (tertiary/aromatic N) is 3. The molecule has 2 aliphatic rings. The molecule has 4 rings (SSSR count). The van der Waals surface area contributed by atoms with E-state index in [2.05, 4.69) is 26.8 Å². The normalized spacial score (nSPS) is 31.5. The second-order valence-corrected chi connectivity index (χ2v) is 7.28. The number of aliphatic hydroxyl groups excluding tert-OH is 4. The van der Waals surface area contributed by atoms with E-state index >= 15 is 0 Å². The van der Waals surface area contributed by atoms with Crippen LogP contribution < -0.4 is 15.0 Å². The Morgan fingerprint density at radius 2 is 2.07 bits per heavy atom. The number of H-pyrrole nitrogens is 1. The predicted molar refractivity (Wildman–Crippen MR) is 99.2 cm³/mol. The zero-order valence-corrected chi connectivity index (χ0v) is 16.1. The van der Waals surface area contributed by atoms with Crippen molar-refractivity contribution < 1.29 is 34.8 Å². The molecule has 2 aromatic rings. The first-order valence-corrected chi connectivity index (χ1v) is 9.46. The number of hydrogen-bond donors (Lipinski definition) is 6. The summed E-state index contributed by atoms with van der Waals surface area (Å²) in [6, 6.07) is -0.0660. The van der Waals surface area contributed by atoms with E-state index in [0.717, 1.165) is 19.3 Å². The van der Waals surface area contributed by atoms with Crippen LogP contribution in [0.4, 0.5) is 5.82 Å². The van der Waals surface area contributed by atoms with Gasteiger partial charge in [0, 0.05) is 0 Å². The Hall–Kier alpha value is -2.31. The summed E-state index contributed by atoms with van der Waals surface area (Å²) in [5.41, 5.74) is 1.10. The highest BCUT2D eigenvalue weighted by Crippen LogP contribution is 2.28. The first-order chi connectivity index (χ1) is 13.8. The second-order valence-electron chi connectivity index (χ2n) is 7.28. The fourth-order valence-corrected chi connectivity index (χ4v) is 3.60. The van der Waals surface area contributed by atoms with Gasteiger partial charge in [-0.15, -0.1) is 12.3 Å². The minimum Gasteiger partial charge on any atom is -0.876 e. The van der Waals surface area contributed by atoms with Crippen molar-refractivity contribution in [2.75, 3.05) is 11.9 Å². The van der Waals surface area contributed by atoms with E-state index in [-0.39, 0.29) is 18.4 Å². The van der Waals surface area contributed by atoms with Crippen LogP contribution in [-0.2, 0) is 4.74 Å². The molecule has 2 unspecified atom stereocenters. The van der Waals surface area contributed by atoms with Crippen LogP contribution >= 0.6 is 0 Å². The van der Waals surface area contributed by atoms with E-state index in [1.54, 1.807) is 10.9 Å². The highest BCUT2D eigenvalue weighted by atomic mass is 16.6. The lowest BCUT2D eigenvalue weighted by atomic mass is 10.1. The fraction of sp³-hybridized carbons (Fsp3) is 0.611. The minimum atomic E-state index is -1.19. The number of imidazole rings is 1. The highest BCUT2D eigenvalue weighted by molar-refractivity contribution is 5.80. The Morgan fingerprint density at radius 1 is 1.34 bits per heavy atom. The largest absolute Gasteiger partial charge is 0.876 e. The van der Waals surface area contributed by atoms with Crippen molar-refractivity contribution in [3.05, 3.63) is 25.0 Å². The summed E-state index contributed by atoms with van der Waals surface area (Å²) in [4.78, 5) is 11.5. The van der Waals surface area contributed by atoms with Crippen molar-refractivity contribution in [1.82, 2.24) is 15.0 Å². The molecule has 6 atom stereocenters. The molecule has 1 saturated heterocycles. The first kappa shape index (κ1) is 21.4. The van der Waals surface area contributed by atoms with Crippen LogP contribution in [0.15, 0.2) is 25.0 Å². The van der Waals surface area contributed by atoms with Gasteiger partial charge in [0.2, 0.25) is 11.7 Å². The lowest BCUT2D eigenvalue weighted by Gasteiger charge is -2.16. The Balaban J connectivity index is 0.000000552. The van der Waals surface area contributed by atoms with Crippen molar-refractivity contribution in [2.45, 2.75) is 62.9 Å². The lowest BCUT2D eigenvalue weighted by Crippen LogP contribution is -2.45. The minimum absolute atomic E-state index is 0.0660. The number of aromatic amines is 1. The zero-order valence-electron chi connectivity index (χ0n) is 16.1. The van der Waals surface area contributed by atoms with E-state index in [9.17, 15) is 25.5 Å². The number of fused-ring (bicyclic) bond motifs is 1. The molecule has 0 spiro atoms. The van der Waals surface area contributed by atoms with Crippen molar-refractivity contribution in [1.29, 1.82) is 0 Å². The summed E-state index contributed by atoms with van der Waals surface area (Å²) >= 11 is 0. The SMILES string of the molecule is C=C(C)[O-].OC[C@H]1O[C@@H]([n+]2c[nH]c3c(NC4CCCC4O)ncnc32)[C@@H](O)[C@H]1O. The Bertz CT molecular complexity index is 841. The van der Waals surface area contributed by atoms with Crippen LogP contribution in [0.5, 0.6) is 0 Å². The van der Waals surface area contributed by atoms with E-state index in [1.807, 2.05) is 0 Å². The van der Waals surface area contributed by atoms with E-state index in [1.165, 1.54) is 13.3 Å². The van der Waals surface area contributed by atoms with Crippen LogP contribution in [0.2, 0.25) is 0 Å². The van der Waals surface area contributed by atoms with Crippen LogP contribution in [0.1, 0.15) is 32.4 Å². The summed E-state index contributed by atoms with van der Waals surface area (Å²) in [5, 5.41) is 52.0. The highest BCUT2D eigenvalue weighted by Gasteiger charge is 2.46. The number of ether oxygens (including phenoxy) is 1. The quantitative estimate of drug-likeness (QED) is 0.248. The van der Waals surface area contributed by atoms with Crippen molar-refractivity contribution in [2.24, 2.45) is 0 Å². The van der Waals surface area contributed by atoms with Crippen LogP contribution in [0, 0.1) is 0 Å². The van der Waals surface area contributed by atoms with Gasteiger partial charge in [-0.1, -0.05) is 11.9 Å². The molecular weight excluding hydrogens is 382 g/mol. The molecule has 0 radical (unpaired) electrons. The van der Waals surface area contributed by atoms with E-state index in [4.69, 9.17) is 4.74 Å². The number of rotatable bonds is 4. The van der Waals surface area contributed by atoms with Gasteiger partial charge in [-0.3, -0.25) is 4.98 Å². The molecule has 160 valence electrons. The molecule has 11 heteroatoms. The predicted octanol–water partition coefficient (Wildman–Crippen LogP) is -1.94. The van der Waals surface area contributed by atoms with Gasteiger partial charge in [0.05, 0.1) is 18.8 Å². The van der Waals surface area contributed by atoms with Gasteiger partial charge in [-0.05, 0) is 19.3 Å². The van der Waals surface area contributed by atoms with Gasteiger partial charge in [-0.25, -0.2) is 4.57 Å². The van der Waals surface area contributed by atoms with Gasteiger partial charge < -0.3 is 35.6 Å². The molecule has 1 aliphatic heterocycles. The zero-order chi connectivity index (χ0) is 21.1. The van der Waals surface area contributed by atoms with Gasteiger partial charge in [0.1, 0.15) is 18.3 Å². The maximum absolute atomic E-state index is 10.2. The third kappa shape index (κ3) is 4.49. The summed E-state index contributed by atoms with van der Waals surface area (Å²) in [5.74, 6) is 0.474. The maximum atomic E-state index is 10.2. The Labute approximate surface area is 167 Å². The fourth-order valence-electron chi connectivity index (χ4n) is 3.60. The Kier molecular flexibility index (Phi) is 6.65. The molecule has 29 heavy (non-hydrogen) atoms. The molecule has 3 heterocycles. The molecule has 1 saturated carbocycles. The van der Waals surface area contributed by atoms with Crippen molar-refractivity contribution in [3.8, 4) is 0 Å². The Morgan fingerprint density at radius 3 is 2.66 bits per heavy atom. The number of aliphatic hydroxyl groups is 4. The monoisotopic (exact) mass is 409 g/mol. The van der Waals surface area contributed by atoms with Crippen molar-refractivity contribution >= 4 is 17.0 Å². The molecule has 0 bridgehead atoms. The number of anilines is 1. The van der Waals surface area contributed by atoms with E-state index < -0.39 is 30.6 Å². The molecule has 0 aromatic carbocycles. The standard InChI is InChI=1S/C15H21N5O5.C3H6O/c21-4-9-11(23)12(24)15(25-9)20-6-18-10-13(16-5-17-14(10)20)19-7-2-1-3-8(7)22;1-3(2)4/h5-9,11-12,15,21-24H,1-4H2,(H,16,17,19);4H,1H2,2H3/t7?,8?,9-,11+,12+,15-;/m1./s1. The molecule has 2 aromatic heterocycles. The van der Waals surface area contributed by atoms with Gasteiger partial charge in [-0.2, -0.15) is 4.98 Å². The maximum Gasteiger partial charge on any atom is 0.309 e. The molecule has 6 N–H and O–H groups in total. The lowest BCUT2D eigenvalue weighted by molar-refractivity contribution is -0.745. The van der Waals surface area contributed by atoms with Crippen LogP contribution in [0.3, 0.4) is 0 Å². The summed E-state index contributed by atoms with van der Waals surface area (Å²) in [7, 11) is 0. The summed E-state index contributed by atoms with van der Waals surface area (Å²) < 4.78 is 7.12. The second kappa shape index (κ2) is 9.01. The van der Waals surface area contributed by atoms with Crippen LogP contribution in [-0.4, -0.2) is 72.4 Å². The average Bonchev–Trinajstić information content (AvgIpc) is 3.35. The number of aromatic nitrogens is 4. The summed E-state index contributed by atoms with van der Waals surface area (Å²) in [6.45, 7) is 4.03. The first-order valence-electron chi connectivity index (χ1n) is 9.46. The number of hydrogen-bond acceptors (Lipinski definition) is 9. The number of allylic oxidation sites excluding steroid dienone is 1. The third-order valence-corrected chi connectivity index (χ3v) is 5.01. The molecular formula is C18H27N5O6. The third-order valence-electron chi connectivity index (χ3n) is 5.01. The number of nitrogens with one attached hydrogen (secondary N) is 2. The van der Waals surface area contributed by atoms with Gasteiger partial charge >= 0.3 is 5.65 Å². The smallest absolute Gasteiger partial charge is 0.309 e. The molecule has 11 nitrogen and oxygen atoms in total. The van der Waals surface area contributed by atoms with Gasteiger partial charge in [0.25, 0.3) is 0 Å². The van der Waals surface area contributed by atoms with Gasteiger partial charge in [0.15, 0.2) is 18.5 Å². The average molecular weight is 409 g/mol. The summed E-state index contributed by atoms with van der Waals surface area (Å²) in [6.07, 6.45) is 1.04. The molecule has 1 aliphatic carbocycles. The van der Waals surface area contributed by atoms with E-state index in [0.29, 0.717) is 17.0 Å². The van der Waals surface area contributed by atoms with Crippen molar-refractivity contribution in [3.63, 3.8) is 0 Å². The molecule has 2 fully saturated rings.